The second-order valence-electron chi connectivity index (χ2n) is 6.18. The van der Waals surface area contributed by atoms with Crippen LogP contribution in [0.4, 0.5) is 0 Å². The summed E-state index contributed by atoms with van der Waals surface area (Å²) in [6.07, 6.45) is 1.10. The van der Waals surface area contributed by atoms with Crippen LogP contribution in [0.1, 0.15) is 47.0 Å². The molecular formula is C11H24NO5P. The van der Waals surface area contributed by atoms with E-state index >= 15 is 0 Å². The van der Waals surface area contributed by atoms with Crippen LogP contribution in [0.5, 0.6) is 0 Å². The molecule has 0 aromatic heterocycles. The molecule has 0 rings (SSSR count). The van der Waals surface area contributed by atoms with Gasteiger partial charge in [0, 0.05) is 0 Å². The van der Waals surface area contributed by atoms with Gasteiger partial charge in [-0.2, -0.15) is 0 Å². The summed E-state index contributed by atoms with van der Waals surface area (Å²) < 4.78 is 11.4. The quantitative estimate of drug-likeness (QED) is 0.525. The lowest BCUT2D eigenvalue weighted by Gasteiger charge is -2.35. The molecular weight excluding hydrogens is 257 g/mol. The van der Waals surface area contributed by atoms with E-state index in [-0.39, 0.29) is 5.41 Å². The average molecular weight is 281 g/mol. The highest BCUT2D eigenvalue weighted by Gasteiger charge is 2.41. The smallest absolute Gasteiger partial charge is 0.331 e. The summed E-state index contributed by atoms with van der Waals surface area (Å²) in [4.78, 5) is 29.1. The maximum atomic E-state index is 11.4. The van der Waals surface area contributed by atoms with E-state index in [1.165, 1.54) is 13.8 Å². The molecule has 0 heterocycles. The molecule has 18 heavy (non-hydrogen) atoms. The van der Waals surface area contributed by atoms with E-state index in [4.69, 9.17) is 10.8 Å². The van der Waals surface area contributed by atoms with Crippen molar-refractivity contribution < 1.29 is 24.3 Å². The van der Waals surface area contributed by atoms with Crippen LogP contribution in [0.15, 0.2) is 0 Å². The van der Waals surface area contributed by atoms with Crippen LogP contribution in [-0.4, -0.2) is 32.1 Å². The van der Waals surface area contributed by atoms with E-state index < -0.39 is 24.8 Å². The highest BCUT2D eigenvalue weighted by Crippen LogP contribution is 2.55. The summed E-state index contributed by atoms with van der Waals surface area (Å²) in [5.74, 6) is -1.06. The Morgan fingerprint density at radius 3 is 2.06 bits per heavy atom. The largest absolute Gasteiger partial charge is 0.480 e. The van der Waals surface area contributed by atoms with E-state index in [2.05, 4.69) is 0 Å². The first kappa shape index (κ1) is 17.6. The van der Waals surface area contributed by atoms with Gasteiger partial charge in [-0.1, -0.05) is 13.8 Å². The second kappa shape index (κ2) is 5.70. The first-order valence-electron chi connectivity index (χ1n) is 5.82. The van der Waals surface area contributed by atoms with Gasteiger partial charge in [0.25, 0.3) is 0 Å². The minimum absolute atomic E-state index is 0.291. The molecule has 6 nitrogen and oxygen atoms in total. The van der Waals surface area contributed by atoms with Crippen molar-refractivity contribution in [2.24, 2.45) is 11.1 Å². The minimum atomic E-state index is -4.18. The fourth-order valence-electron chi connectivity index (χ4n) is 2.03. The molecule has 0 fully saturated rings. The van der Waals surface area contributed by atoms with Gasteiger partial charge in [0.2, 0.25) is 0 Å². The van der Waals surface area contributed by atoms with Gasteiger partial charge in [-0.3, -0.25) is 9.36 Å². The number of hydrogen-bond acceptors (Lipinski definition) is 3. The standard InChI is InChI=1S/C11H24NO5P/c1-10(2,6-5-8(12)9(13)14)7-11(3,4)18(15,16)17/h8H,5-7,12H2,1-4H3,(H,13,14)(H2,15,16,17)/t8-/m0/s1. The Hall–Kier alpha value is -0.420. The number of hydrogen-bond donors (Lipinski definition) is 4. The summed E-state index contributed by atoms with van der Waals surface area (Å²) in [5, 5.41) is 7.57. The average Bonchev–Trinajstić information content (AvgIpc) is 2.10. The predicted molar refractivity (Wildman–Crippen MR) is 69.4 cm³/mol. The first-order chi connectivity index (χ1) is 7.78. The molecule has 0 spiro atoms. The third-order valence-corrected chi connectivity index (χ3v) is 4.88. The normalized spacial score (nSPS) is 15.5. The number of carboxylic acids is 1. The molecule has 1 atom stereocenters. The number of aliphatic carboxylic acids is 1. The van der Waals surface area contributed by atoms with Crippen molar-refractivity contribution >= 4 is 13.6 Å². The molecule has 0 bridgehead atoms. The van der Waals surface area contributed by atoms with E-state index in [0.29, 0.717) is 19.3 Å². The maximum Gasteiger partial charge on any atom is 0.331 e. The molecule has 7 heteroatoms. The van der Waals surface area contributed by atoms with Crippen molar-refractivity contribution in [3.05, 3.63) is 0 Å². The second-order valence-corrected chi connectivity index (χ2v) is 8.48. The van der Waals surface area contributed by atoms with E-state index in [1.54, 1.807) is 0 Å². The Morgan fingerprint density at radius 1 is 1.28 bits per heavy atom. The van der Waals surface area contributed by atoms with E-state index in [1.807, 2.05) is 13.8 Å². The molecule has 0 aliphatic heterocycles. The highest BCUT2D eigenvalue weighted by molar-refractivity contribution is 7.53. The lowest BCUT2D eigenvalue weighted by molar-refractivity contribution is -0.138. The van der Waals surface area contributed by atoms with Crippen molar-refractivity contribution in [3.63, 3.8) is 0 Å². The summed E-state index contributed by atoms with van der Waals surface area (Å²) in [6.45, 7) is 6.76. The topological polar surface area (TPSA) is 121 Å². The zero-order chi connectivity index (χ0) is 14.8. The van der Waals surface area contributed by atoms with Crippen LogP contribution in [0.25, 0.3) is 0 Å². The molecule has 0 unspecified atom stereocenters. The van der Waals surface area contributed by atoms with Gasteiger partial charge in [-0.05, 0) is 38.5 Å². The van der Waals surface area contributed by atoms with Crippen molar-refractivity contribution in [1.82, 2.24) is 0 Å². The highest BCUT2D eigenvalue weighted by atomic mass is 31.2. The molecule has 5 N–H and O–H groups in total. The lowest BCUT2D eigenvalue weighted by Crippen LogP contribution is -2.34. The molecule has 0 aromatic rings. The van der Waals surface area contributed by atoms with Crippen molar-refractivity contribution in [1.29, 1.82) is 0 Å². The molecule has 0 amide bonds. The Balaban J connectivity index is 4.58. The molecule has 0 aliphatic rings. The monoisotopic (exact) mass is 281 g/mol. The Bertz CT molecular complexity index is 347. The van der Waals surface area contributed by atoms with Crippen LogP contribution < -0.4 is 5.73 Å². The SMILES string of the molecule is CC(C)(CC[C@H](N)C(=O)O)CC(C)(C)P(=O)(O)O. The number of carboxylic acid groups (broad SMARTS) is 1. The fraction of sp³-hybridized carbons (Fsp3) is 0.909. The molecule has 0 aromatic carbocycles. The van der Waals surface area contributed by atoms with Gasteiger partial charge < -0.3 is 20.6 Å². The van der Waals surface area contributed by atoms with Crippen molar-refractivity contribution in [2.45, 2.75) is 58.2 Å². The van der Waals surface area contributed by atoms with Crippen LogP contribution >= 0.6 is 7.60 Å². The molecule has 108 valence electrons. The number of rotatable bonds is 7. The molecule has 0 saturated heterocycles. The van der Waals surface area contributed by atoms with Gasteiger partial charge in [-0.25, -0.2) is 0 Å². The van der Waals surface area contributed by atoms with Gasteiger partial charge in [0.05, 0.1) is 5.16 Å². The fourth-order valence-corrected chi connectivity index (χ4v) is 2.67. The van der Waals surface area contributed by atoms with Gasteiger partial charge in [-0.15, -0.1) is 0 Å². The van der Waals surface area contributed by atoms with Gasteiger partial charge in [0.15, 0.2) is 0 Å². The third kappa shape index (κ3) is 5.48. The predicted octanol–water partition coefficient (Wildman–Crippen LogP) is 1.55. The van der Waals surface area contributed by atoms with E-state index in [9.17, 15) is 19.1 Å². The van der Waals surface area contributed by atoms with Crippen molar-refractivity contribution in [2.75, 3.05) is 0 Å². The number of nitrogens with two attached hydrogens (primary N) is 1. The summed E-state index contributed by atoms with van der Waals surface area (Å²) in [5.41, 5.74) is 5.04. The Kier molecular flexibility index (Phi) is 5.56. The van der Waals surface area contributed by atoms with Gasteiger partial charge >= 0.3 is 13.6 Å². The zero-order valence-electron chi connectivity index (χ0n) is 11.4. The number of carbonyl (C=O) groups is 1. The lowest BCUT2D eigenvalue weighted by atomic mass is 9.79. The Labute approximate surface area is 108 Å². The molecule has 0 saturated carbocycles. The maximum absolute atomic E-state index is 11.4. The van der Waals surface area contributed by atoms with Crippen LogP contribution in [-0.2, 0) is 9.36 Å². The van der Waals surface area contributed by atoms with Crippen molar-refractivity contribution in [3.8, 4) is 0 Å². The molecule has 0 radical (unpaired) electrons. The summed E-state index contributed by atoms with van der Waals surface area (Å²) in [6, 6.07) is -0.928. The Morgan fingerprint density at radius 2 is 1.72 bits per heavy atom. The molecule has 0 aliphatic carbocycles. The minimum Gasteiger partial charge on any atom is -0.480 e. The third-order valence-electron chi connectivity index (χ3n) is 3.15. The van der Waals surface area contributed by atoms with Crippen LogP contribution in [0.3, 0.4) is 0 Å². The first-order valence-corrected chi connectivity index (χ1v) is 7.44. The zero-order valence-corrected chi connectivity index (χ0v) is 12.3. The summed E-state index contributed by atoms with van der Waals surface area (Å²) >= 11 is 0. The van der Waals surface area contributed by atoms with Crippen LogP contribution in [0.2, 0.25) is 0 Å². The van der Waals surface area contributed by atoms with Crippen LogP contribution in [0, 0.1) is 5.41 Å². The van der Waals surface area contributed by atoms with E-state index in [0.717, 1.165) is 0 Å². The summed E-state index contributed by atoms with van der Waals surface area (Å²) in [7, 11) is -4.18. The van der Waals surface area contributed by atoms with Gasteiger partial charge in [0.1, 0.15) is 6.04 Å².